The van der Waals surface area contributed by atoms with E-state index in [0.717, 1.165) is 11.0 Å². The van der Waals surface area contributed by atoms with Gasteiger partial charge in [0.25, 0.3) is 0 Å². The topological polar surface area (TPSA) is 0 Å². The van der Waals surface area contributed by atoms with Crippen molar-refractivity contribution in [2.75, 3.05) is 0 Å². The smallest absolute Gasteiger partial charge is 0.0118 e. The Labute approximate surface area is 342 Å². The summed E-state index contributed by atoms with van der Waals surface area (Å²) in [5, 5.41) is 0. The van der Waals surface area contributed by atoms with Crippen LogP contribution >= 0.6 is 0 Å². The van der Waals surface area contributed by atoms with Crippen molar-refractivity contribution in [3.8, 4) is 0 Å². The maximum Gasteiger partial charge on any atom is 0.0118 e. The van der Waals surface area contributed by atoms with E-state index in [0.29, 0.717) is 0 Å². The molecule has 0 bridgehead atoms. The second-order valence-electron chi connectivity index (χ2n) is 14.9. The number of rotatable bonds is 7. The molecule has 5 rings (SSSR count). The van der Waals surface area contributed by atoms with Crippen LogP contribution in [0.1, 0.15) is 106 Å². The molecule has 0 amide bonds. The van der Waals surface area contributed by atoms with Crippen LogP contribution in [0.3, 0.4) is 0 Å². The van der Waals surface area contributed by atoms with Crippen molar-refractivity contribution in [3.05, 3.63) is 194 Å². The van der Waals surface area contributed by atoms with Crippen LogP contribution < -0.4 is 5.46 Å². The summed E-state index contributed by atoms with van der Waals surface area (Å²) in [7, 11) is 6.45. The van der Waals surface area contributed by atoms with Crippen LogP contribution in [-0.2, 0) is 32.7 Å². The fourth-order valence-electron chi connectivity index (χ4n) is 6.99. The van der Waals surface area contributed by atoms with Crippen LogP contribution in [0.2, 0.25) is 0 Å². The van der Waals surface area contributed by atoms with Crippen LogP contribution in [0.25, 0.3) is 11.1 Å². The molecule has 0 nitrogen and oxygen atoms in total. The fraction of sp³-hybridized carbons (Fsp3) is 0.280. The van der Waals surface area contributed by atoms with Crippen molar-refractivity contribution in [1.82, 2.24) is 0 Å². The Hall–Kier alpha value is -3.51. The van der Waals surface area contributed by atoms with Gasteiger partial charge < -0.3 is 0 Å². The molecule has 0 aliphatic heterocycles. The molecule has 52 heavy (non-hydrogen) atoms. The minimum atomic E-state index is -0.0737. The van der Waals surface area contributed by atoms with Gasteiger partial charge >= 0.3 is 0 Å². The van der Waals surface area contributed by atoms with E-state index >= 15 is 0 Å². The molecule has 1 atom stereocenters. The molecule has 4 aromatic carbocycles. The SMILES string of the molecule is Cc1cc(C)c(C)c(C)c1.[B]c1c[c-]c(C)c(C(c2cccc(C)c2C)c2c(C3=CC(C)(C)C=CC=C3)cc(C)cc2/C(C)=C/C=C\C=C\C)c1.[Y]. The van der Waals surface area contributed by atoms with Crippen molar-refractivity contribution in [3.63, 3.8) is 0 Å². The Morgan fingerprint density at radius 1 is 0.769 bits per heavy atom. The summed E-state index contributed by atoms with van der Waals surface area (Å²) < 4.78 is 0. The van der Waals surface area contributed by atoms with Gasteiger partial charge in [-0.05, 0) is 135 Å². The van der Waals surface area contributed by atoms with Gasteiger partial charge in [0.05, 0.1) is 0 Å². The monoisotopic (exact) mass is 756 g/mol. The standard InChI is InChI=1S/C40H42B.C10H14.Y/c1-9-10-11-12-16-29(4)35-23-27(2)24-37(32-18-13-14-22-40(7,8)26-32)39(35)38(34-19-15-17-28(3)31(34)6)36-25-33(41)21-20-30(36)5;1-7-5-8(2)10(4)9(3)6-7;/h9-19,21-26,38H,1-8H3;5-6H,1-4H3;/q-1;;/b10-9+,12-11-,29-16+;;. The molecular formula is C50H56BY-. The van der Waals surface area contributed by atoms with Gasteiger partial charge in [0.2, 0.25) is 0 Å². The Bertz CT molecular complexity index is 2050. The van der Waals surface area contributed by atoms with Crippen molar-refractivity contribution in [1.29, 1.82) is 0 Å². The molecule has 3 radical (unpaired) electrons. The zero-order chi connectivity index (χ0) is 37.5. The van der Waals surface area contributed by atoms with Gasteiger partial charge in [-0.2, -0.15) is 29.2 Å². The first-order valence-electron chi connectivity index (χ1n) is 18.2. The number of aryl methyl sites for hydroxylation is 6. The van der Waals surface area contributed by atoms with Crippen LogP contribution in [0, 0.1) is 66.9 Å². The normalized spacial score (nSPS) is 14.5. The van der Waals surface area contributed by atoms with E-state index in [1.54, 1.807) is 0 Å². The Balaban J connectivity index is 0.000000572. The molecule has 1 aliphatic rings. The molecule has 1 unspecified atom stereocenters. The molecule has 2 heteroatoms. The van der Waals surface area contributed by atoms with Gasteiger partial charge in [0, 0.05) is 46.0 Å². The predicted octanol–water partition coefficient (Wildman–Crippen LogP) is 12.7. The minimum Gasteiger partial charge on any atom is -0.197 e. The van der Waals surface area contributed by atoms with Crippen molar-refractivity contribution in [2.24, 2.45) is 5.41 Å². The first kappa shape index (κ1) is 42.9. The maximum atomic E-state index is 6.45. The number of hydrogen-bond acceptors (Lipinski definition) is 0. The van der Waals surface area contributed by atoms with Crippen LogP contribution in [0.4, 0.5) is 0 Å². The number of hydrogen-bond donors (Lipinski definition) is 0. The second-order valence-corrected chi connectivity index (χ2v) is 14.9. The van der Waals surface area contributed by atoms with Crippen LogP contribution in [-0.4, -0.2) is 7.85 Å². The van der Waals surface area contributed by atoms with E-state index < -0.39 is 0 Å². The molecule has 4 aromatic rings. The summed E-state index contributed by atoms with van der Waals surface area (Å²) in [4.78, 5) is 0. The Morgan fingerprint density at radius 2 is 1.44 bits per heavy atom. The van der Waals surface area contributed by atoms with Gasteiger partial charge in [-0.3, -0.25) is 0 Å². The largest absolute Gasteiger partial charge is 0.197 e. The first-order chi connectivity index (χ1) is 24.1. The van der Waals surface area contributed by atoms with Crippen molar-refractivity contribution >= 4 is 24.5 Å². The molecule has 0 saturated carbocycles. The van der Waals surface area contributed by atoms with Crippen molar-refractivity contribution in [2.45, 2.75) is 89.0 Å². The molecule has 0 N–H and O–H groups in total. The Kier molecular flexibility index (Phi) is 15.7. The van der Waals surface area contributed by atoms with E-state index in [2.05, 4.69) is 185 Å². The minimum absolute atomic E-state index is 0. The molecule has 0 heterocycles. The number of benzene rings is 4. The average molecular weight is 757 g/mol. The molecule has 0 fully saturated rings. The zero-order valence-corrected chi connectivity index (χ0v) is 36.5. The maximum absolute atomic E-state index is 6.45. The van der Waals surface area contributed by atoms with Gasteiger partial charge in [-0.25, -0.2) is 0 Å². The fourth-order valence-corrected chi connectivity index (χ4v) is 6.99. The molecule has 263 valence electrons. The number of allylic oxidation sites excluding steroid dienone is 12. The predicted molar refractivity (Wildman–Crippen MR) is 226 cm³/mol. The van der Waals surface area contributed by atoms with E-state index in [-0.39, 0.29) is 44.0 Å². The van der Waals surface area contributed by atoms with E-state index in [4.69, 9.17) is 7.85 Å². The van der Waals surface area contributed by atoms with E-state index in [1.165, 1.54) is 77.9 Å². The van der Waals surface area contributed by atoms with Crippen LogP contribution in [0.5, 0.6) is 0 Å². The summed E-state index contributed by atoms with van der Waals surface area (Å²) in [6, 6.07) is 23.3. The third-order valence-corrected chi connectivity index (χ3v) is 10.1. The summed E-state index contributed by atoms with van der Waals surface area (Å²) >= 11 is 0. The van der Waals surface area contributed by atoms with Gasteiger partial charge in [-0.1, -0.05) is 130 Å². The average Bonchev–Trinajstić information content (AvgIpc) is 3.26. The van der Waals surface area contributed by atoms with Crippen molar-refractivity contribution < 1.29 is 32.7 Å². The first-order valence-corrected chi connectivity index (χ1v) is 18.2. The summed E-state index contributed by atoms with van der Waals surface area (Å²) in [6.45, 7) is 26.2. The third-order valence-electron chi connectivity index (χ3n) is 10.1. The summed E-state index contributed by atoms with van der Waals surface area (Å²) in [5.74, 6) is -0.0308. The van der Waals surface area contributed by atoms with Crippen LogP contribution in [0.15, 0.2) is 115 Å². The summed E-state index contributed by atoms with van der Waals surface area (Å²) in [5.41, 5.74) is 19.9. The Morgan fingerprint density at radius 3 is 2.12 bits per heavy atom. The van der Waals surface area contributed by atoms with Gasteiger partial charge in [0.15, 0.2) is 0 Å². The molecular weight excluding hydrogens is 700 g/mol. The zero-order valence-electron chi connectivity index (χ0n) is 33.7. The van der Waals surface area contributed by atoms with Gasteiger partial charge in [0.1, 0.15) is 0 Å². The van der Waals surface area contributed by atoms with Gasteiger partial charge in [-0.15, -0.1) is 5.56 Å². The molecule has 1 aliphatic carbocycles. The van der Waals surface area contributed by atoms with E-state index in [1.807, 2.05) is 19.1 Å². The molecule has 0 aromatic heterocycles. The summed E-state index contributed by atoms with van der Waals surface area (Å²) in [6.07, 6.45) is 21.8. The van der Waals surface area contributed by atoms with E-state index in [9.17, 15) is 0 Å². The third kappa shape index (κ3) is 10.8. The quantitative estimate of drug-likeness (QED) is 0.0762. The molecule has 0 spiro atoms. The second kappa shape index (κ2) is 19.0. The molecule has 0 saturated heterocycles.